The molecular weight excluding hydrogens is 403 g/mol. The van der Waals surface area contributed by atoms with Crippen LogP contribution < -0.4 is 0 Å². The van der Waals surface area contributed by atoms with Gasteiger partial charge in [-0.05, 0) is 30.7 Å². The first-order valence-electron chi connectivity index (χ1n) is 6.38. The molecular formula is C15H17Br2ClN2. The summed E-state index contributed by atoms with van der Waals surface area (Å²) in [6.07, 6.45) is 0.904. The monoisotopic (exact) mass is 418 g/mol. The Labute approximate surface area is 141 Å². The van der Waals surface area contributed by atoms with Gasteiger partial charge in [-0.2, -0.15) is 5.10 Å². The standard InChI is InChI=1S/C15H17Br2ClN2/c1-11-6-14(20(2)19-11)8-15(9-16,10-17)12-4-3-5-13(18)7-12/h3-7H,8-10H2,1-2H3. The zero-order valence-electron chi connectivity index (χ0n) is 11.5. The molecule has 0 aliphatic heterocycles. The van der Waals surface area contributed by atoms with Gasteiger partial charge >= 0.3 is 0 Å². The molecule has 0 aliphatic carbocycles. The molecule has 0 saturated carbocycles. The molecule has 20 heavy (non-hydrogen) atoms. The molecule has 0 N–H and O–H groups in total. The normalized spacial score (nSPS) is 11.8. The fourth-order valence-electron chi connectivity index (χ4n) is 2.38. The summed E-state index contributed by atoms with van der Waals surface area (Å²) in [6, 6.07) is 10.2. The molecule has 0 atom stereocenters. The summed E-state index contributed by atoms with van der Waals surface area (Å²) in [7, 11) is 1.99. The summed E-state index contributed by atoms with van der Waals surface area (Å²) in [5, 5.41) is 6.92. The number of rotatable bonds is 5. The second-order valence-corrected chi connectivity index (χ2v) is 6.69. The van der Waals surface area contributed by atoms with E-state index in [0.29, 0.717) is 0 Å². The zero-order chi connectivity index (χ0) is 14.8. The molecule has 0 unspecified atom stereocenters. The topological polar surface area (TPSA) is 17.8 Å². The highest BCUT2D eigenvalue weighted by molar-refractivity contribution is 9.09. The maximum absolute atomic E-state index is 6.16. The summed E-state index contributed by atoms with van der Waals surface area (Å²) in [6.45, 7) is 2.02. The minimum Gasteiger partial charge on any atom is -0.272 e. The second kappa shape index (κ2) is 6.63. The van der Waals surface area contributed by atoms with Gasteiger partial charge in [0.15, 0.2) is 0 Å². The van der Waals surface area contributed by atoms with E-state index in [-0.39, 0.29) is 5.41 Å². The van der Waals surface area contributed by atoms with Gasteiger partial charge in [-0.1, -0.05) is 55.6 Å². The molecule has 2 nitrogen and oxygen atoms in total. The molecule has 5 heteroatoms. The maximum Gasteiger partial charge on any atom is 0.0596 e. The van der Waals surface area contributed by atoms with Crippen LogP contribution in [0.5, 0.6) is 0 Å². The fourth-order valence-corrected chi connectivity index (χ4v) is 4.54. The van der Waals surface area contributed by atoms with Crippen molar-refractivity contribution in [3.63, 3.8) is 0 Å². The second-order valence-electron chi connectivity index (χ2n) is 5.14. The van der Waals surface area contributed by atoms with E-state index in [4.69, 9.17) is 11.6 Å². The predicted octanol–water partition coefficient (Wildman–Crippen LogP) is 4.65. The Kier molecular flexibility index (Phi) is 5.32. The van der Waals surface area contributed by atoms with Crippen LogP contribution in [0.4, 0.5) is 0 Å². The van der Waals surface area contributed by atoms with Gasteiger partial charge in [-0.15, -0.1) is 0 Å². The van der Waals surface area contributed by atoms with Crippen LogP contribution in [-0.2, 0) is 18.9 Å². The minimum atomic E-state index is -0.0366. The molecule has 0 amide bonds. The van der Waals surface area contributed by atoms with Gasteiger partial charge in [0.05, 0.1) is 5.69 Å². The van der Waals surface area contributed by atoms with E-state index in [1.807, 2.05) is 36.9 Å². The molecule has 1 aromatic heterocycles. The first kappa shape index (κ1) is 16.1. The predicted molar refractivity (Wildman–Crippen MR) is 92.4 cm³/mol. The van der Waals surface area contributed by atoms with Crippen LogP contribution in [0, 0.1) is 6.92 Å². The van der Waals surface area contributed by atoms with Crippen LogP contribution >= 0.6 is 43.5 Å². The molecule has 2 aromatic rings. The largest absolute Gasteiger partial charge is 0.272 e. The SMILES string of the molecule is Cc1cc(CC(CBr)(CBr)c2cccc(Cl)c2)n(C)n1. The summed E-state index contributed by atoms with van der Waals surface area (Å²) in [5.41, 5.74) is 3.47. The summed E-state index contributed by atoms with van der Waals surface area (Å²) >= 11 is 13.5. The van der Waals surface area contributed by atoms with E-state index in [0.717, 1.165) is 27.8 Å². The molecule has 1 aromatic carbocycles. The van der Waals surface area contributed by atoms with Crippen molar-refractivity contribution >= 4 is 43.5 Å². The number of hydrogen-bond acceptors (Lipinski definition) is 1. The lowest BCUT2D eigenvalue weighted by Crippen LogP contribution is -2.33. The Morgan fingerprint density at radius 2 is 1.95 bits per heavy atom. The van der Waals surface area contributed by atoms with E-state index in [9.17, 15) is 0 Å². The minimum absolute atomic E-state index is 0.0366. The maximum atomic E-state index is 6.16. The number of aromatic nitrogens is 2. The number of benzene rings is 1. The summed E-state index contributed by atoms with van der Waals surface area (Å²) in [4.78, 5) is 0. The Hall–Kier alpha value is -0.320. The summed E-state index contributed by atoms with van der Waals surface area (Å²) < 4.78 is 1.96. The number of hydrogen-bond donors (Lipinski definition) is 0. The average molecular weight is 421 g/mol. The van der Waals surface area contributed by atoms with Gasteiger partial charge in [0, 0.05) is 40.3 Å². The summed E-state index contributed by atoms with van der Waals surface area (Å²) in [5.74, 6) is 0. The van der Waals surface area contributed by atoms with Crippen molar-refractivity contribution in [2.75, 3.05) is 10.7 Å². The van der Waals surface area contributed by atoms with Gasteiger partial charge in [0.2, 0.25) is 0 Å². The lowest BCUT2D eigenvalue weighted by Gasteiger charge is -2.31. The first-order chi connectivity index (χ1) is 9.50. The Morgan fingerprint density at radius 3 is 2.45 bits per heavy atom. The van der Waals surface area contributed by atoms with Crippen molar-refractivity contribution < 1.29 is 0 Å². The van der Waals surface area contributed by atoms with Crippen molar-refractivity contribution in [1.82, 2.24) is 9.78 Å². The van der Waals surface area contributed by atoms with Crippen LogP contribution in [0.1, 0.15) is 17.0 Å². The third kappa shape index (κ3) is 3.29. The van der Waals surface area contributed by atoms with E-state index >= 15 is 0 Å². The van der Waals surface area contributed by atoms with Crippen molar-refractivity contribution in [2.24, 2.45) is 7.05 Å². The highest BCUT2D eigenvalue weighted by Crippen LogP contribution is 2.34. The van der Waals surface area contributed by atoms with Gasteiger partial charge in [0.25, 0.3) is 0 Å². The number of halogens is 3. The highest BCUT2D eigenvalue weighted by Gasteiger charge is 2.31. The Morgan fingerprint density at radius 1 is 1.25 bits per heavy atom. The van der Waals surface area contributed by atoms with E-state index in [1.165, 1.54) is 11.3 Å². The molecule has 0 spiro atoms. The number of nitrogens with zero attached hydrogens (tertiary/aromatic N) is 2. The third-order valence-electron chi connectivity index (χ3n) is 3.57. The van der Waals surface area contributed by atoms with Crippen LogP contribution in [0.3, 0.4) is 0 Å². The zero-order valence-corrected chi connectivity index (χ0v) is 15.5. The van der Waals surface area contributed by atoms with Gasteiger partial charge in [0.1, 0.15) is 0 Å². The van der Waals surface area contributed by atoms with Crippen molar-refractivity contribution in [3.05, 3.63) is 52.3 Å². The van der Waals surface area contributed by atoms with Crippen molar-refractivity contribution in [1.29, 1.82) is 0 Å². The lowest BCUT2D eigenvalue weighted by atomic mass is 9.80. The molecule has 0 aliphatic rings. The van der Waals surface area contributed by atoms with E-state index < -0.39 is 0 Å². The average Bonchev–Trinajstić information content (AvgIpc) is 2.74. The van der Waals surface area contributed by atoms with Gasteiger partial charge in [-0.25, -0.2) is 0 Å². The Balaban J connectivity index is 2.42. The van der Waals surface area contributed by atoms with Crippen LogP contribution in [-0.4, -0.2) is 20.4 Å². The van der Waals surface area contributed by atoms with Crippen LogP contribution in [0.15, 0.2) is 30.3 Å². The van der Waals surface area contributed by atoms with E-state index in [2.05, 4.69) is 49.1 Å². The van der Waals surface area contributed by atoms with Crippen molar-refractivity contribution in [2.45, 2.75) is 18.8 Å². The van der Waals surface area contributed by atoms with Crippen molar-refractivity contribution in [3.8, 4) is 0 Å². The smallest absolute Gasteiger partial charge is 0.0596 e. The Bertz CT molecular complexity index is 591. The number of alkyl halides is 2. The molecule has 108 valence electrons. The number of aryl methyl sites for hydroxylation is 2. The van der Waals surface area contributed by atoms with Gasteiger partial charge < -0.3 is 0 Å². The molecule has 0 fully saturated rings. The molecule has 0 bridgehead atoms. The van der Waals surface area contributed by atoms with E-state index in [1.54, 1.807) is 0 Å². The highest BCUT2D eigenvalue weighted by atomic mass is 79.9. The first-order valence-corrected chi connectivity index (χ1v) is 9.00. The van der Waals surface area contributed by atoms with Gasteiger partial charge in [-0.3, -0.25) is 4.68 Å². The fraction of sp³-hybridized carbons (Fsp3) is 0.400. The van der Waals surface area contributed by atoms with Crippen LogP contribution in [0.25, 0.3) is 0 Å². The molecule has 1 heterocycles. The lowest BCUT2D eigenvalue weighted by molar-refractivity contribution is 0.523. The van der Waals surface area contributed by atoms with Crippen LogP contribution in [0.2, 0.25) is 5.02 Å². The third-order valence-corrected chi connectivity index (χ3v) is 5.95. The molecule has 0 radical (unpaired) electrons. The quantitative estimate of drug-likeness (QED) is 0.644. The molecule has 0 saturated heterocycles. The molecule has 2 rings (SSSR count).